The SMILES string of the molecule is COc1cccc(NC(=O)NCC(c2ccccc2Cl)N2CCOCC2)c1. The highest BCUT2D eigenvalue weighted by molar-refractivity contribution is 6.31. The van der Waals surface area contributed by atoms with Gasteiger partial charge in [0.1, 0.15) is 5.75 Å². The van der Waals surface area contributed by atoms with Crippen LogP contribution in [0, 0.1) is 0 Å². The van der Waals surface area contributed by atoms with Crippen molar-refractivity contribution in [3.63, 3.8) is 0 Å². The molecule has 0 aliphatic carbocycles. The lowest BCUT2D eigenvalue weighted by molar-refractivity contribution is 0.0168. The smallest absolute Gasteiger partial charge is 0.319 e. The number of nitrogens with one attached hydrogen (secondary N) is 2. The third-order valence-electron chi connectivity index (χ3n) is 4.53. The number of halogens is 1. The van der Waals surface area contributed by atoms with Gasteiger partial charge in [0, 0.05) is 36.4 Å². The lowest BCUT2D eigenvalue weighted by atomic mass is 10.0. The number of benzene rings is 2. The second-order valence-corrected chi connectivity index (χ2v) is 6.66. The van der Waals surface area contributed by atoms with Gasteiger partial charge in [-0.2, -0.15) is 0 Å². The molecule has 0 aromatic heterocycles. The van der Waals surface area contributed by atoms with E-state index < -0.39 is 0 Å². The Hall–Kier alpha value is -2.28. The summed E-state index contributed by atoms with van der Waals surface area (Å²) in [5.41, 5.74) is 1.68. The Kier molecular flexibility index (Phi) is 6.92. The largest absolute Gasteiger partial charge is 0.497 e. The molecule has 2 aromatic rings. The maximum atomic E-state index is 12.4. The number of nitrogens with zero attached hydrogens (tertiary/aromatic N) is 1. The molecule has 1 aliphatic rings. The summed E-state index contributed by atoms with van der Waals surface area (Å²) in [6, 6.07) is 14.7. The van der Waals surface area contributed by atoms with E-state index in [4.69, 9.17) is 21.1 Å². The Morgan fingerprint density at radius 1 is 1.22 bits per heavy atom. The van der Waals surface area contributed by atoms with Crippen molar-refractivity contribution in [1.29, 1.82) is 0 Å². The molecule has 0 bridgehead atoms. The number of amides is 2. The molecule has 2 amide bonds. The van der Waals surface area contributed by atoms with Crippen molar-refractivity contribution < 1.29 is 14.3 Å². The number of urea groups is 1. The first kappa shape index (κ1) is 19.5. The second-order valence-electron chi connectivity index (χ2n) is 6.25. The number of rotatable bonds is 6. The average molecular weight is 390 g/mol. The second kappa shape index (κ2) is 9.60. The Balaban J connectivity index is 1.66. The van der Waals surface area contributed by atoms with Crippen LogP contribution in [0.1, 0.15) is 11.6 Å². The predicted molar refractivity (Wildman–Crippen MR) is 107 cm³/mol. The van der Waals surface area contributed by atoms with E-state index in [1.807, 2.05) is 42.5 Å². The van der Waals surface area contributed by atoms with E-state index in [9.17, 15) is 4.79 Å². The van der Waals surface area contributed by atoms with Crippen molar-refractivity contribution in [3.05, 3.63) is 59.1 Å². The minimum Gasteiger partial charge on any atom is -0.497 e. The van der Waals surface area contributed by atoms with Crippen LogP contribution in [0.3, 0.4) is 0 Å². The lowest BCUT2D eigenvalue weighted by Crippen LogP contribution is -2.44. The normalized spacial score (nSPS) is 15.8. The first-order valence-corrected chi connectivity index (χ1v) is 9.30. The molecule has 1 saturated heterocycles. The first-order chi connectivity index (χ1) is 13.2. The Bertz CT molecular complexity index is 766. The molecule has 3 rings (SSSR count). The molecule has 0 spiro atoms. The molecule has 1 fully saturated rings. The molecule has 1 atom stereocenters. The Morgan fingerprint density at radius 3 is 2.74 bits per heavy atom. The fourth-order valence-electron chi connectivity index (χ4n) is 3.14. The molecule has 0 saturated carbocycles. The minimum absolute atomic E-state index is 0.0151. The van der Waals surface area contributed by atoms with Crippen molar-refractivity contribution in [3.8, 4) is 5.75 Å². The van der Waals surface area contributed by atoms with Crippen molar-refractivity contribution in [1.82, 2.24) is 10.2 Å². The van der Waals surface area contributed by atoms with Gasteiger partial charge in [-0.1, -0.05) is 35.9 Å². The van der Waals surface area contributed by atoms with Gasteiger partial charge in [-0.05, 0) is 23.8 Å². The summed E-state index contributed by atoms with van der Waals surface area (Å²) in [4.78, 5) is 14.7. The third-order valence-corrected chi connectivity index (χ3v) is 4.88. The predicted octanol–water partition coefficient (Wildman–Crippen LogP) is 3.54. The summed E-state index contributed by atoms with van der Waals surface area (Å²) in [5, 5.41) is 6.49. The van der Waals surface area contributed by atoms with Crippen LogP contribution >= 0.6 is 11.6 Å². The molecular formula is C20H24ClN3O3. The molecule has 2 aromatic carbocycles. The van der Waals surface area contributed by atoms with Crippen LogP contribution in [0.15, 0.2) is 48.5 Å². The topological polar surface area (TPSA) is 62.8 Å². The molecular weight excluding hydrogens is 366 g/mol. The van der Waals surface area contributed by atoms with Crippen molar-refractivity contribution in [2.45, 2.75) is 6.04 Å². The highest BCUT2D eigenvalue weighted by Gasteiger charge is 2.24. The quantitative estimate of drug-likeness (QED) is 0.793. The monoisotopic (exact) mass is 389 g/mol. The standard InChI is InChI=1S/C20H24ClN3O3/c1-26-16-6-4-5-15(13-16)23-20(25)22-14-19(24-9-11-27-12-10-24)17-7-2-3-8-18(17)21/h2-8,13,19H,9-12,14H2,1H3,(H2,22,23,25). The first-order valence-electron chi connectivity index (χ1n) is 8.92. The van der Waals surface area contributed by atoms with Crippen LogP contribution < -0.4 is 15.4 Å². The summed E-state index contributed by atoms with van der Waals surface area (Å²) in [6.45, 7) is 3.40. The number of carbonyl (C=O) groups is 1. The van der Waals surface area contributed by atoms with Crippen LogP contribution in [0.5, 0.6) is 5.75 Å². The van der Waals surface area contributed by atoms with E-state index in [1.165, 1.54) is 0 Å². The van der Waals surface area contributed by atoms with Crippen LogP contribution in [-0.4, -0.2) is 50.9 Å². The van der Waals surface area contributed by atoms with E-state index >= 15 is 0 Å². The van der Waals surface area contributed by atoms with Crippen LogP contribution in [0.4, 0.5) is 10.5 Å². The molecule has 144 valence electrons. The zero-order valence-corrected chi connectivity index (χ0v) is 16.0. The third kappa shape index (κ3) is 5.35. The van der Waals surface area contributed by atoms with Gasteiger partial charge >= 0.3 is 6.03 Å². The number of hydrogen-bond acceptors (Lipinski definition) is 4. The summed E-state index contributed by atoms with van der Waals surface area (Å²) in [5.74, 6) is 0.690. The molecule has 1 aliphatic heterocycles. The van der Waals surface area contributed by atoms with Crippen LogP contribution in [-0.2, 0) is 4.74 Å². The number of hydrogen-bond donors (Lipinski definition) is 2. The van der Waals surface area contributed by atoms with E-state index in [2.05, 4.69) is 15.5 Å². The summed E-state index contributed by atoms with van der Waals surface area (Å²) in [6.07, 6.45) is 0. The molecule has 1 unspecified atom stereocenters. The number of anilines is 1. The zero-order chi connectivity index (χ0) is 19.1. The lowest BCUT2D eigenvalue weighted by Gasteiger charge is -2.35. The Morgan fingerprint density at radius 2 is 2.00 bits per heavy atom. The van der Waals surface area contributed by atoms with Gasteiger partial charge in [-0.15, -0.1) is 0 Å². The van der Waals surface area contributed by atoms with Gasteiger partial charge in [-0.3, -0.25) is 4.90 Å². The van der Waals surface area contributed by atoms with E-state index in [0.29, 0.717) is 36.2 Å². The van der Waals surface area contributed by atoms with Crippen molar-refractivity contribution in [2.24, 2.45) is 0 Å². The average Bonchev–Trinajstić information content (AvgIpc) is 2.70. The van der Waals surface area contributed by atoms with Crippen LogP contribution in [0.2, 0.25) is 5.02 Å². The number of ether oxygens (including phenoxy) is 2. The molecule has 0 radical (unpaired) electrons. The van der Waals surface area contributed by atoms with Gasteiger partial charge in [0.25, 0.3) is 0 Å². The number of methoxy groups -OCH3 is 1. The molecule has 7 heteroatoms. The highest BCUT2D eigenvalue weighted by atomic mass is 35.5. The molecule has 6 nitrogen and oxygen atoms in total. The van der Waals surface area contributed by atoms with Gasteiger partial charge in [0.15, 0.2) is 0 Å². The zero-order valence-electron chi connectivity index (χ0n) is 15.3. The fraction of sp³-hybridized carbons (Fsp3) is 0.350. The highest BCUT2D eigenvalue weighted by Crippen LogP contribution is 2.27. The number of carbonyl (C=O) groups excluding carboxylic acids is 1. The maximum absolute atomic E-state index is 12.4. The van der Waals surface area contributed by atoms with Crippen LogP contribution in [0.25, 0.3) is 0 Å². The number of morpholine rings is 1. The summed E-state index contributed by atoms with van der Waals surface area (Å²) in [7, 11) is 1.59. The van der Waals surface area contributed by atoms with Gasteiger partial charge in [0.2, 0.25) is 0 Å². The van der Waals surface area contributed by atoms with Gasteiger partial charge in [0.05, 0.1) is 26.4 Å². The molecule has 1 heterocycles. The van der Waals surface area contributed by atoms with E-state index in [0.717, 1.165) is 18.7 Å². The Labute approximate surface area is 164 Å². The van der Waals surface area contributed by atoms with E-state index in [1.54, 1.807) is 13.2 Å². The fourth-order valence-corrected chi connectivity index (χ4v) is 3.40. The summed E-state index contributed by atoms with van der Waals surface area (Å²) < 4.78 is 10.6. The van der Waals surface area contributed by atoms with Crippen molar-refractivity contribution in [2.75, 3.05) is 45.3 Å². The maximum Gasteiger partial charge on any atom is 0.319 e. The van der Waals surface area contributed by atoms with Crippen molar-refractivity contribution >= 4 is 23.3 Å². The van der Waals surface area contributed by atoms with Gasteiger partial charge < -0.3 is 20.1 Å². The van der Waals surface area contributed by atoms with E-state index in [-0.39, 0.29) is 12.1 Å². The molecule has 2 N–H and O–H groups in total. The van der Waals surface area contributed by atoms with Gasteiger partial charge in [-0.25, -0.2) is 4.79 Å². The summed E-state index contributed by atoms with van der Waals surface area (Å²) >= 11 is 6.42. The minimum atomic E-state index is -0.270. The molecule has 27 heavy (non-hydrogen) atoms.